The van der Waals surface area contributed by atoms with Crippen LogP contribution in [0, 0.1) is 5.41 Å². The number of ether oxygens (including phenoxy) is 2. The normalized spacial score (nSPS) is 29.7. The van der Waals surface area contributed by atoms with E-state index in [-0.39, 0.29) is 6.29 Å². The molecule has 0 unspecified atom stereocenters. The summed E-state index contributed by atoms with van der Waals surface area (Å²) in [7, 11) is 0. The Morgan fingerprint density at radius 3 is 2.21 bits per heavy atom. The molecule has 110 valence electrons. The Balaban J connectivity index is 1.37. The van der Waals surface area contributed by atoms with Crippen molar-refractivity contribution in [1.29, 1.82) is 0 Å². The lowest BCUT2D eigenvalue weighted by Crippen LogP contribution is -2.42. The molecule has 3 aliphatic rings. The number of piperidine rings is 1. The monoisotopic (exact) mass is 267 g/mol. The molecule has 0 amide bonds. The second-order valence-corrected chi connectivity index (χ2v) is 6.72. The SMILES string of the molecule is C1CCC2(CC1)CCN(CCC1OCCCO1)CC2. The van der Waals surface area contributed by atoms with Gasteiger partial charge in [-0.25, -0.2) is 0 Å². The molecule has 0 aromatic rings. The first-order chi connectivity index (χ1) is 9.36. The van der Waals surface area contributed by atoms with Crippen LogP contribution in [0.3, 0.4) is 0 Å². The summed E-state index contributed by atoms with van der Waals surface area (Å²) in [6, 6.07) is 0. The van der Waals surface area contributed by atoms with Crippen LogP contribution in [0.2, 0.25) is 0 Å². The van der Waals surface area contributed by atoms with E-state index in [2.05, 4.69) is 4.90 Å². The first-order valence-corrected chi connectivity index (χ1v) is 8.32. The highest BCUT2D eigenvalue weighted by Gasteiger charge is 2.35. The van der Waals surface area contributed by atoms with Crippen molar-refractivity contribution in [2.45, 2.75) is 64.1 Å². The minimum Gasteiger partial charge on any atom is -0.353 e. The van der Waals surface area contributed by atoms with Crippen molar-refractivity contribution in [2.24, 2.45) is 5.41 Å². The second-order valence-electron chi connectivity index (χ2n) is 6.72. The highest BCUT2D eigenvalue weighted by atomic mass is 16.7. The molecule has 1 saturated carbocycles. The lowest BCUT2D eigenvalue weighted by Gasteiger charge is -2.44. The molecule has 2 heterocycles. The van der Waals surface area contributed by atoms with Gasteiger partial charge < -0.3 is 14.4 Å². The van der Waals surface area contributed by atoms with Crippen LogP contribution in [-0.4, -0.2) is 44.0 Å². The van der Waals surface area contributed by atoms with Crippen molar-refractivity contribution < 1.29 is 9.47 Å². The molecule has 0 aromatic heterocycles. The molecular formula is C16H29NO2. The first-order valence-electron chi connectivity index (χ1n) is 8.32. The summed E-state index contributed by atoms with van der Waals surface area (Å²) in [5, 5.41) is 0. The fraction of sp³-hybridized carbons (Fsp3) is 1.00. The highest BCUT2D eigenvalue weighted by Crippen LogP contribution is 2.44. The third-order valence-corrected chi connectivity index (χ3v) is 5.41. The van der Waals surface area contributed by atoms with E-state index < -0.39 is 0 Å². The van der Waals surface area contributed by atoms with Crippen molar-refractivity contribution in [2.75, 3.05) is 32.8 Å². The predicted molar refractivity (Wildman–Crippen MR) is 76.1 cm³/mol. The summed E-state index contributed by atoms with van der Waals surface area (Å²) < 4.78 is 11.3. The van der Waals surface area contributed by atoms with Crippen molar-refractivity contribution in [3.63, 3.8) is 0 Å². The lowest BCUT2D eigenvalue weighted by atomic mass is 9.68. The second kappa shape index (κ2) is 6.55. The molecule has 2 saturated heterocycles. The van der Waals surface area contributed by atoms with E-state index in [1.807, 2.05) is 0 Å². The molecule has 0 aromatic carbocycles. The van der Waals surface area contributed by atoms with Crippen LogP contribution in [-0.2, 0) is 9.47 Å². The van der Waals surface area contributed by atoms with Gasteiger partial charge in [0.05, 0.1) is 13.2 Å². The van der Waals surface area contributed by atoms with Gasteiger partial charge in [0.2, 0.25) is 0 Å². The van der Waals surface area contributed by atoms with E-state index in [0.717, 1.165) is 38.0 Å². The molecule has 3 heteroatoms. The van der Waals surface area contributed by atoms with Gasteiger partial charge in [0.25, 0.3) is 0 Å². The zero-order valence-electron chi connectivity index (χ0n) is 12.2. The van der Waals surface area contributed by atoms with E-state index in [4.69, 9.17) is 9.47 Å². The van der Waals surface area contributed by atoms with Gasteiger partial charge in [-0.1, -0.05) is 19.3 Å². The van der Waals surface area contributed by atoms with Crippen LogP contribution in [0.25, 0.3) is 0 Å². The zero-order chi connectivity index (χ0) is 13.0. The number of likely N-dealkylation sites (tertiary alicyclic amines) is 1. The standard InChI is InChI=1S/C16H29NO2/c1-2-6-16(7-3-1)8-11-17(12-9-16)10-5-15-18-13-4-14-19-15/h15H,1-14H2. The minimum absolute atomic E-state index is 0.0688. The maximum absolute atomic E-state index is 5.63. The van der Waals surface area contributed by atoms with Gasteiger partial charge in [-0.3, -0.25) is 0 Å². The van der Waals surface area contributed by atoms with Crippen molar-refractivity contribution in [1.82, 2.24) is 4.90 Å². The first kappa shape index (κ1) is 13.8. The highest BCUT2D eigenvalue weighted by molar-refractivity contribution is 4.88. The van der Waals surface area contributed by atoms with Crippen molar-refractivity contribution in [3.05, 3.63) is 0 Å². The summed E-state index contributed by atoms with van der Waals surface area (Å²) in [4.78, 5) is 2.63. The fourth-order valence-electron chi connectivity index (χ4n) is 4.04. The number of nitrogens with zero attached hydrogens (tertiary/aromatic N) is 1. The Bertz CT molecular complexity index is 257. The van der Waals surface area contributed by atoms with Crippen molar-refractivity contribution in [3.8, 4) is 0 Å². The average Bonchev–Trinajstić information content (AvgIpc) is 2.49. The van der Waals surface area contributed by atoms with E-state index in [1.165, 1.54) is 58.0 Å². The molecule has 3 fully saturated rings. The van der Waals surface area contributed by atoms with Gasteiger partial charge in [0, 0.05) is 13.0 Å². The molecule has 3 rings (SSSR count). The number of hydrogen-bond donors (Lipinski definition) is 0. The quantitative estimate of drug-likeness (QED) is 0.784. The Hall–Kier alpha value is -0.120. The Morgan fingerprint density at radius 1 is 0.842 bits per heavy atom. The zero-order valence-corrected chi connectivity index (χ0v) is 12.2. The summed E-state index contributed by atoms with van der Waals surface area (Å²) in [6.07, 6.45) is 12.5. The van der Waals surface area contributed by atoms with Gasteiger partial charge in [-0.05, 0) is 50.6 Å². The molecule has 0 radical (unpaired) electrons. The Morgan fingerprint density at radius 2 is 1.53 bits per heavy atom. The van der Waals surface area contributed by atoms with E-state index in [0.29, 0.717) is 0 Å². The maximum Gasteiger partial charge on any atom is 0.158 e. The van der Waals surface area contributed by atoms with Crippen LogP contribution in [0.5, 0.6) is 0 Å². The van der Waals surface area contributed by atoms with Crippen LogP contribution in [0.4, 0.5) is 0 Å². The molecule has 0 atom stereocenters. The van der Waals surface area contributed by atoms with Gasteiger partial charge in [0.15, 0.2) is 6.29 Å². The molecule has 1 aliphatic carbocycles. The lowest BCUT2D eigenvalue weighted by molar-refractivity contribution is -0.183. The summed E-state index contributed by atoms with van der Waals surface area (Å²) in [6.45, 7) is 5.52. The molecule has 0 bridgehead atoms. The molecular weight excluding hydrogens is 238 g/mol. The van der Waals surface area contributed by atoms with Crippen LogP contribution >= 0.6 is 0 Å². The predicted octanol–water partition coefficient (Wildman–Crippen LogP) is 3.19. The van der Waals surface area contributed by atoms with E-state index in [1.54, 1.807) is 0 Å². The average molecular weight is 267 g/mol. The van der Waals surface area contributed by atoms with Crippen molar-refractivity contribution >= 4 is 0 Å². The maximum atomic E-state index is 5.63. The Labute approximate surface area is 117 Å². The largest absolute Gasteiger partial charge is 0.353 e. The topological polar surface area (TPSA) is 21.7 Å². The number of hydrogen-bond acceptors (Lipinski definition) is 3. The third-order valence-electron chi connectivity index (χ3n) is 5.41. The van der Waals surface area contributed by atoms with Gasteiger partial charge in [0.1, 0.15) is 0 Å². The molecule has 0 N–H and O–H groups in total. The van der Waals surface area contributed by atoms with E-state index in [9.17, 15) is 0 Å². The smallest absolute Gasteiger partial charge is 0.158 e. The molecule has 19 heavy (non-hydrogen) atoms. The molecule has 1 spiro atoms. The van der Waals surface area contributed by atoms with Gasteiger partial charge in [-0.2, -0.15) is 0 Å². The number of rotatable bonds is 3. The molecule has 2 aliphatic heterocycles. The Kier molecular flexibility index (Phi) is 4.78. The van der Waals surface area contributed by atoms with Crippen LogP contribution in [0.15, 0.2) is 0 Å². The van der Waals surface area contributed by atoms with Crippen LogP contribution in [0.1, 0.15) is 57.8 Å². The van der Waals surface area contributed by atoms with Gasteiger partial charge >= 0.3 is 0 Å². The minimum atomic E-state index is 0.0688. The summed E-state index contributed by atoms with van der Waals surface area (Å²) in [5.74, 6) is 0. The third kappa shape index (κ3) is 3.71. The molecule has 3 nitrogen and oxygen atoms in total. The fourth-order valence-corrected chi connectivity index (χ4v) is 4.04. The van der Waals surface area contributed by atoms with E-state index >= 15 is 0 Å². The summed E-state index contributed by atoms with van der Waals surface area (Å²) >= 11 is 0. The van der Waals surface area contributed by atoms with Crippen LogP contribution < -0.4 is 0 Å². The summed E-state index contributed by atoms with van der Waals surface area (Å²) in [5.41, 5.74) is 0.729. The van der Waals surface area contributed by atoms with Gasteiger partial charge in [-0.15, -0.1) is 0 Å².